The average Bonchev–Trinajstić information content (AvgIpc) is 3.45. The van der Waals surface area contributed by atoms with Gasteiger partial charge in [-0.2, -0.15) is 0 Å². The van der Waals surface area contributed by atoms with Crippen molar-refractivity contribution in [2.75, 3.05) is 13.2 Å². The van der Waals surface area contributed by atoms with Crippen molar-refractivity contribution in [2.24, 2.45) is 0 Å². The fraction of sp³-hybridized carbons (Fsp3) is 0.863. The molecule has 1 amide bonds. The lowest BCUT2D eigenvalue weighted by Gasteiger charge is -2.20. The summed E-state index contributed by atoms with van der Waals surface area (Å²) in [5.74, 6) is -0.0567. The molecular weight excluding hydrogens is 971 g/mol. The van der Waals surface area contributed by atoms with E-state index in [-0.39, 0.29) is 18.5 Å². The number of allylic oxidation sites excluding steroid dienone is 7. The van der Waals surface area contributed by atoms with Gasteiger partial charge in [0, 0.05) is 12.8 Å². The normalized spacial score (nSPS) is 12.8. The number of aliphatic hydroxyl groups is 2. The van der Waals surface area contributed by atoms with Crippen LogP contribution in [0.5, 0.6) is 0 Å². The van der Waals surface area contributed by atoms with E-state index >= 15 is 0 Å². The minimum Gasteiger partial charge on any atom is -0.466 e. The first kappa shape index (κ1) is 76.8. The number of esters is 1. The number of unbranched alkanes of at least 4 members (excludes halogenated alkanes) is 49. The first-order valence-electron chi connectivity index (χ1n) is 35.4. The molecule has 0 aliphatic carbocycles. The molecule has 0 fully saturated rings. The maximum absolute atomic E-state index is 12.5. The summed E-state index contributed by atoms with van der Waals surface area (Å²) in [6, 6.07) is -0.628. The molecule has 3 N–H and O–H groups in total. The van der Waals surface area contributed by atoms with Crippen molar-refractivity contribution in [3.8, 4) is 0 Å². The Morgan fingerprint density at radius 2 is 0.633 bits per heavy atom. The van der Waals surface area contributed by atoms with E-state index in [0.717, 1.165) is 51.4 Å². The van der Waals surface area contributed by atoms with Crippen LogP contribution in [0.15, 0.2) is 48.6 Å². The smallest absolute Gasteiger partial charge is 0.305 e. The van der Waals surface area contributed by atoms with Gasteiger partial charge < -0.3 is 20.3 Å². The minimum absolute atomic E-state index is 0.00849. The van der Waals surface area contributed by atoms with Gasteiger partial charge in [0.25, 0.3) is 0 Å². The van der Waals surface area contributed by atoms with Crippen LogP contribution in [0, 0.1) is 0 Å². The highest BCUT2D eigenvalue weighted by Gasteiger charge is 2.18. The van der Waals surface area contributed by atoms with Crippen LogP contribution in [0.1, 0.15) is 380 Å². The van der Waals surface area contributed by atoms with Gasteiger partial charge in [0.05, 0.1) is 25.4 Å². The summed E-state index contributed by atoms with van der Waals surface area (Å²) in [5, 5.41) is 23.2. The zero-order valence-corrected chi connectivity index (χ0v) is 53.1. The molecule has 2 unspecified atom stereocenters. The summed E-state index contributed by atoms with van der Waals surface area (Å²) >= 11 is 0. The van der Waals surface area contributed by atoms with Crippen molar-refractivity contribution >= 4 is 11.9 Å². The molecule has 0 aromatic rings. The number of nitrogens with one attached hydrogen (secondary N) is 1. The fourth-order valence-corrected chi connectivity index (χ4v) is 10.9. The maximum atomic E-state index is 12.5. The van der Waals surface area contributed by atoms with Gasteiger partial charge in [0.15, 0.2) is 0 Å². The second kappa shape index (κ2) is 68.3. The zero-order chi connectivity index (χ0) is 57.1. The van der Waals surface area contributed by atoms with Gasteiger partial charge in [-0.05, 0) is 89.9 Å². The van der Waals surface area contributed by atoms with Crippen LogP contribution in [0.4, 0.5) is 0 Å². The van der Waals surface area contributed by atoms with Crippen LogP contribution in [-0.4, -0.2) is 47.4 Å². The molecule has 2 atom stereocenters. The number of carbonyl (C=O) groups excluding carboxylic acids is 2. The molecule has 6 heteroatoms. The molecule has 79 heavy (non-hydrogen) atoms. The van der Waals surface area contributed by atoms with Crippen LogP contribution in [0.2, 0.25) is 0 Å². The molecule has 464 valence electrons. The fourth-order valence-electron chi connectivity index (χ4n) is 10.9. The molecular formula is C73H137NO5. The number of hydrogen-bond acceptors (Lipinski definition) is 5. The average molecular weight is 1110 g/mol. The summed E-state index contributed by atoms with van der Waals surface area (Å²) in [6.07, 6.45) is 89.0. The quantitative estimate of drug-likeness (QED) is 0.0320. The van der Waals surface area contributed by atoms with Crippen molar-refractivity contribution in [3.05, 3.63) is 48.6 Å². The van der Waals surface area contributed by atoms with E-state index in [4.69, 9.17) is 4.74 Å². The van der Waals surface area contributed by atoms with Crippen LogP contribution in [-0.2, 0) is 14.3 Å². The lowest BCUT2D eigenvalue weighted by atomic mass is 10.0. The van der Waals surface area contributed by atoms with Crippen molar-refractivity contribution in [2.45, 2.75) is 392 Å². The van der Waals surface area contributed by atoms with Crippen molar-refractivity contribution in [1.29, 1.82) is 0 Å². The Morgan fingerprint density at radius 1 is 0.354 bits per heavy atom. The molecule has 0 aromatic heterocycles. The second-order valence-electron chi connectivity index (χ2n) is 24.2. The second-order valence-corrected chi connectivity index (χ2v) is 24.2. The minimum atomic E-state index is -0.844. The third kappa shape index (κ3) is 64.8. The van der Waals surface area contributed by atoms with E-state index in [1.165, 1.54) is 302 Å². The Kier molecular flexibility index (Phi) is 66.4. The molecule has 0 aliphatic rings. The van der Waals surface area contributed by atoms with Gasteiger partial charge in [-0.15, -0.1) is 0 Å². The maximum Gasteiger partial charge on any atom is 0.305 e. The van der Waals surface area contributed by atoms with Crippen LogP contribution < -0.4 is 5.32 Å². The molecule has 0 bridgehead atoms. The first-order valence-corrected chi connectivity index (χ1v) is 35.4. The van der Waals surface area contributed by atoms with E-state index in [1.54, 1.807) is 6.08 Å². The molecule has 0 aliphatic heterocycles. The first-order chi connectivity index (χ1) is 39.0. The zero-order valence-electron chi connectivity index (χ0n) is 53.1. The lowest BCUT2D eigenvalue weighted by Crippen LogP contribution is -2.45. The van der Waals surface area contributed by atoms with Crippen LogP contribution in [0.25, 0.3) is 0 Å². The number of rotatable bonds is 66. The predicted molar refractivity (Wildman–Crippen MR) is 347 cm³/mol. The van der Waals surface area contributed by atoms with Gasteiger partial charge in [-0.3, -0.25) is 9.59 Å². The van der Waals surface area contributed by atoms with E-state index in [2.05, 4.69) is 55.6 Å². The molecule has 0 heterocycles. The number of ether oxygens (including phenoxy) is 1. The largest absolute Gasteiger partial charge is 0.466 e. The van der Waals surface area contributed by atoms with E-state index in [1.807, 2.05) is 6.08 Å². The highest BCUT2D eigenvalue weighted by atomic mass is 16.5. The van der Waals surface area contributed by atoms with Crippen LogP contribution >= 0.6 is 0 Å². The number of hydrogen-bond donors (Lipinski definition) is 3. The summed E-state index contributed by atoms with van der Waals surface area (Å²) in [5.41, 5.74) is 0. The number of carbonyl (C=O) groups is 2. The summed E-state index contributed by atoms with van der Waals surface area (Å²) in [7, 11) is 0. The molecule has 0 spiro atoms. The van der Waals surface area contributed by atoms with Gasteiger partial charge in [-0.1, -0.05) is 326 Å². The van der Waals surface area contributed by atoms with Crippen LogP contribution in [0.3, 0.4) is 0 Å². The standard InChI is InChI=1S/C73H137NO5/c1-3-5-7-9-11-13-15-17-19-34-39-43-47-51-55-59-63-67-73(78)79-68-64-60-56-52-48-44-40-36-33-31-29-27-25-23-21-22-24-26-28-30-32-35-38-42-46-50-54-58-62-66-72(77)74-70(69-75)71(76)65-61-57-53-49-45-41-37-20-18-16-14-12-10-8-6-4-2/h11,13,17,19,21,23,61,65,70-71,75-76H,3-10,12,14-16,18,20,22,24-60,62-64,66-69H2,1-2H3,(H,74,77)/b13-11-,19-17-,23-21-,65-61+. The van der Waals surface area contributed by atoms with Gasteiger partial charge in [0.2, 0.25) is 5.91 Å². The topological polar surface area (TPSA) is 95.9 Å². The Bertz CT molecular complexity index is 1320. The molecule has 0 radical (unpaired) electrons. The van der Waals surface area contributed by atoms with Gasteiger partial charge in [-0.25, -0.2) is 0 Å². The van der Waals surface area contributed by atoms with E-state index < -0.39 is 12.1 Å². The van der Waals surface area contributed by atoms with Crippen molar-refractivity contribution in [1.82, 2.24) is 5.32 Å². The molecule has 0 rings (SSSR count). The van der Waals surface area contributed by atoms with Gasteiger partial charge in [0.1, 0.15) is 0 Å². The van der Waals surface area contributed by atoms with Crippen molar-refractivity contribution in [3.63, 3.8) is 0 Å². The number of amides is 1. The monoisotopic (exact) mass is 1110 g/mol. The Morgan fingerprint density at radius 3 is 1.00 bits per heavy atom. The molecule has 0 saturated carbocycles. The lowest BCUT2D eigenvalue weighted by molar-refractivity contribution is -0.143. The molecule has 0 saturated heterocycles. The third-order valence-electron chi connectivity index (χ3n) is 16.3. The highest BCUT2D eigenvalue weighted by Crippen LogP contribution is 2.18. The van der Waals surface area contributed by atoms with E-state index in [0.29, 0.717) is 19.4 Å². The van der Waals surface area contributed by atoms with Crippen molar-refractivity contribution < 1.29 is 24.5 Å². The predicted octanol–water partition coefficient (Wildman–Crippen LogP) is 22.9. The SMILES string of the molecule is CCCCC/C=C\C/C=C\CCCCCCCCCC(=O)OCCCCCCCCCCCCCC/C=C\CCCCCCCCCCCCCCCC(=O)NC(CO)C(O)/C=C/CCCCCCCCCCCCCCCC. The Labute approximate surface area is 493 Å². The third-order valence-corrected chi connectivity index (χ3v) is 16.3. The molecule has 6 nitrogen and oxygen atoms in total. The molecule has 0 aromatic carbocycles. The van der Waals surface area contributed by atoms with Gasteiger partial charge >= 0.3 is 5.97 Å². The number of aliphatic hydroxyl groups excluding tert-OH is 2. The highest BCUT2D eigenvalue weighted by molar-refractivity contribution is 5.76. The Balaban J connectivity index is 3.39. The summed E-state index contributed by atoms with van der Waals surface area (Å²) in [6.45, 7) is 4.90. The Hall–Kier alpha value is -2.18. The summed E-state index contributed by atoms with van der Waals surface area (Å²) < 4.78 is 5.50. The summed E-state index contributed by atoms with van der Waals surface area (Å²) in [4.78, 5) is 24.6. The van der Waals surface area contributed by atoms with E-state index in [9.17, 15) is 19.8 Å².